The van der Waals surface area contributed by atoms with Gasteiger partial charge >= 0.3 is 0 Å². The Hall–Kier alpha value is -1.92. The van der Waals surface area contributed by atoms with Crippen molar-refractivity contribution in [3.8, 4) is 0 Å². The minimum Gasteiger partial charge on any atom is -0.378 e. The van der Waals surface area contributed by atoms with Crippen molar-refractivity contribution in [2.24, 2.45) is 0 Å². The molecule has 2 aromatic carbocycles. The second kappa shape index (κ2) is 8.79. The number of anilines is 1. The van der Waals surface area contributed by atoms with Crippen LogP contribution in [-0.4, -0.2) is 37.0 Å². The van der Waals surface area contributed by atoms with E-state index in [2.05, 4.69) is 50.6 Å². The highest BCUT2D eigenvalue weighted by Gasteiger charge is 2.43. The van der Waals surface area contributed by atoms with Gasteiger partial charge in [0, 0.05) is 21.8 Å². The molecule has 1 saturated carbocycles. The highest BCUT2D eigenvalue weighted by atomic mass is 79.9. The van der Waals surface area contributed by atoms with E-state index >= 15 is 0 Å². The monoisotopic (exact) mass is 499 g/mol. The van der Waals surface area contributed by atoms with E-state index in [0.717, 1.165) is 66.5 Å². The highest BCUT2D eigenvalue weighted by molar-refractivity contribution is 9.10. The standard InChI is InChI=1S/C26H31BrFN3O/c1-31-12-8-19(9-13-31)29-25(32)17-4-7-23-21(14-17)26(10-2-3-11-26)16-24(30-23)20-15-18(28)5-6-22(20)27/h4-7,14-15,19,24,30H,2-3,8-13,16H2,1H3,(H,29,32). The van der Waals surface area contributed by atoms with Crippen LogP contribution in [0.25, 0.3) is 0 Å². The number of amides is 1. The van der Waals surface area contributed by atoms with Gasteiger partial charge in [-0.3, -0.25) is 4.79 Å². The molecule has 1 atom stereocenters. The van der Waals surface area contributed by atoms with E-state index in [4.69, 9.17) is 0 Å². The van der Waals surface area contributed by atoms with E-state index in [1.54, 1.807) is 12.1 Å². The number of carbonyl (C=O) groups is 1. The molecule has 1 spiro atoms. The van der Waals surface area contributed by atoms with Crippen LogP contribution < -0.4 is 10.6 Å². The van der Waals surface area contributed by atoms with Crippen molar-refractivity contribution in [3.05, 3.63) is 63.4 Å². The predicted octanol–water partition coefficient (Wildman–Crippen LogP) is 5.78. The van der Waals surface area contributed by atoms with Gasteiger partial charge in [-0.15, -0.1) is 0 Å². The molecule has 0 radical (unpaired) electrons. The van der Waals surface area contributed by atoms with Crippen LogP contribution in [0.3, 0.4) is 0 Å². The molecule has 2 fully saturated rings. The first-order chi connectivity index (χ1) is 15.4. The Morgan fingerprint density at radius 2 is 1.91 bits per heavy atom. The number of benzene rings is 2. The largest absolute Gasteiger partial charge is 0.378 e. The summed E-state index contributed by atoms with van der Waals surface area (Å²) in [5, 5.41) is 6.91. The van der Waals surface area contributed by atoms with Crippen molar-refractivity contribution < 1.29 is 9.18 Å². The number of hydrogen-bond donors (Lipinski definition) is 2. The van der Waals surface area contributed by atoms with Crippen LogP contribution in [-0.2, 0) is 5.41 Å². The van der Waals surface area contributed by atoms with Crippen LogP contribution in [0.4, 0.5) is 10.1 Å². The van der Waals surface area contributed by atoms with Gasteiger partial charge in [-0.25, -0.2) is 4.39 Å². The van der Waals surface area contributed by atoms with E-state index in [0.29, 0.717) is 0 Å². The molecule has 1 unspecified atom stereocenters. The zero-order valence-corrected chi connectivity index (χ0v) is 20.2. The normalized spacial score (nSPS) is 23.0. The zero-order valence-electron chi connectivity index (χ0n) is 18.6. The smallest absolute Gasteiger partial charge is 0.251 e. The van der Waals surface area contributed by atoms with E-state index in [-0.39, 0.29) is 29.2 Å². The first-order valence-electron chi connectivity index (χ1n) is 11.8. The maximum atomic E-state index is 14.0. The highest BCUT2D eigenvalue weighted by Crippen LogP contribution is 2.53. The van der Waals surface area contributed by atoms with Crippen molar-refractivity contribution in [3.63, 3.8) is 0 Å². The van der Waals surface area contributed by atoms with Gasteiger partial charge in [-0.1, -0.05) is 28.8 Å². The molecule has 2 N–H and O–H groups in total. The Balaban J connectivity index is 1.43. The van der Waals surface area contributed by atoms with Crippen LogP contribution >= 0.6 is 15.9 Å². The quantitative estimate of drug-likeness (QED) is 0.562. The fourth-order valence-corrected chi connectivity index (χ4v) is 6.43. The third-order valence-electron chi connectivity index (χ3n) is 7.73. The molecule has 1 amide bonds. The van der Waals surface area contributed by atoms with Crippen LogP contribution in [0.1, 0.15) is 72.5 Å². The van der Waals surface area contributed by atoms with Crippen molar-refractivity contribution in [2.45, 2.75) is 62.4 Å². The zero-order chi connectivity index (χ0) is 22.3. The Kier molecular flexibility index (Phi) is 6.01. The lowest BCUT2D eigenvalue weighted by atomic mass is 9.69. The molecule has 6 heteroatoms. The minimum atomic E-state index is -0.211. The first-order valence-corrected chi connectivity index (χ1v) is 12.6. The number of piperidine rings is 1. The molecular formula is C26H31BrFN3O. The average Bonchev–Trinajstić information content (AvgIpc) is 3.25. The third kappa shape index (κ3) is 4.19. The molecule has 32 heavy (non-hydrogen) atoms. The summed E-state index contributed by atoms with van der Waals surface area (Å²) < 4.78 is 15.0. The summed E-state index contributed by atoms with van der Waals surface area (Å²) in [5.74, 6) is -0.178. The van der Waals surface area contributed by atoms with Gasteiger partial charge in [-0.05, 0) is 105 Å². The number of carbonyl (C=O) groups excluding carboxylic acids is 1. The Labute approximate surface area is 198 Å². The molecule has 2 aliphatic heterocycles. The fraction of sp³-hybridized carbons (Fsp3) is 0.500. The van der Waals surface area contributed by atoms with Gasteiger partial charge in [0.25, 0.3) is 5.91 Å². The molecule has 2 aromatic rings. The Morgan fingerprint density at radius 3 is 2.66 bits per heavy atom. The molecule has 5 rings (SSSR count). The Bertz CT molecular complexity index is 1010. The van der Waals surface area contributed by atoms with Crippen LogP contribution in [0, 0.1) is 5.82 Å². The minimum absolute atomic E-state index is 0.0329. The molecule has 170 valence electrons. The summed E-state index contributed by atoms with van der Waals surface area (Å²) in [6.07, 6.45) is 7.55. The molecule has 1 aliphatic carbocycles. The lowest BCUT2D eigenvalue weighted by molar-refractivity contribution is 0.0916. The average molecular weight is 500 g/mol. The van der Waals surface area contributed by atoms with Crippen molar-refractivity contribution in [1.82, 2.24) is 10.2 Å². The summed E-state index contributed by atoms with van der Waals surface area (Å²) in [7, 11) is 2.13. The van der Waals surface area contributed by atoms with Gasteiger partial charge in [0.1, 0.15) is 5.82 Å². The summed E-state index contributed by atoms with van der Waals surface area (Å²) in [6, 6.07) is 11.3. The van der Waals surface area contributed by atoms with Gasteiger partial charge in [0.2, 0.25) is 0 Å². The van der Waals surface area contributed by atoms with E-state index < -0.39 is 0 Å². The molecular weight excluding hydrogens is 469 g/mol. The maximum Gasteiger partial charge on any atom is 0.251 e. The molecule has 0 bridgehead atoms. The molecule has 2 heterocycles. The summed E-state index contributed by atoms with van der Waals surface area (Å²) in [5.41, 5.74) is 4.10. The van der Waals surface area contributed by atoms with E-state index in [9.17, 15) is 9.18 Å². The topological polar surface area (TPSA) is 44.4 Å². The van der Waals surface area contributed by atoms with E-state index in [1.165, 1.54) is 24.5 Å². The summed E-state index contributed by atoms with van der Waals surface area (Å²) >= 11 is 3.62. The van der Waals surface area contributed by atoms with Crippen LogP contribution in [0.15, 0.2) is 40.9 Å². The second-order valence-corrected chi connectivity index (χ2v) is 10.7. The number of fused-ring (bicyclic) bond motifs is 2. The van der Waals surface area contributed by atoms with Crippen molar-refractivity contribution in [2.75, 3.05) is 25.5 Å². The molecule has 3 aliphatic rings. The molecule has 4 nitrogen and oxygen atoms in total. The number of likely N-dealkylation sites (tertiary alicyclic amines) is 1. The van der Waals surface area contributed by atoms with E-state index in [1.807, 2.05) is 6.07 Å². The lowest BCUT2D eigenvalue weighted by Crippen LogP contribution is -2.43. The van der Waals surface area contributed by atoms with Crippen molar-refractivity contribution in [1.29, 1.82) is 0 Å². The number of nitrogens with zero attached hydrogens (tertiary/aromatic N) is 1. The SMILES string of the molecule is CN1CCC(NC(=O)c2ccc3c(c2)C2(CCCC2)CC(c2cc(F)ccc2Br)N3)CC1. The van der Waals surface area contributed by atoms with Crippen LogP contribution in [0.2, 0.25) is 0 Å². The summed E-state index contributed by atoms with van der Waals surface area (Å²) in [4.78, 5) is 15.4. The molecule has 0 aromatic heterocycles. The van der Waals surface area contributed by atoms with Gasteiger partial charge in [0.15, 0.2) is 0 Å². The van der Waals surface area contributed by atoms with Crippen molar-refractivity contribution >= 4 is 27.5 Å². The van der Waals surface area contributed by atoms with Gasteiger partial charge in [-0.2, -0.15) is 0 Å². The maximum absolute atomic E-state index is 14.0. The van der Waals surface area contributed by atoms with Gasteiger partial charge in [0.05, 0.1) is 6.04 Å². The second-order valence-electron chi connectivity index (χ2n) is 9.87. The number of halogens is 2. The number of rotatable bonds is 3. The fourth-order valence-electron chi connectivity index (χ4n) is 5.91. The van der Waals surface area contributed by atoms with Crippen LogP contribution in [0.5, 0.6) is 0 Å². The van der Waals surface area contributed by atoms with Gasteiger partial charge < -0.3 is 15.5 Å². The first kappa shape index (κ1) is 21.9. The molecule has 1 saturated heterocycles. The number of nitrogens with one attached hydrogen (secondary N) is 2. The third-order valence-corrected chi connectivity index (χ3v) is 8.45. The Morgan fingerprint density at radius 1 is 1.16 bits per heavy atom. The number of hydrogen-bond acceptors (Lipinski definition) is 3. The summed E-state index contributed by atoms with van der Waals surface area (Å²) in [6.45, 7) is 2.05. The predicted molar refractivity (Wildman–Crippen MR) is 130 cm³/mol. The lowest BCUT2D eigenvalue weighted by Gasteiger charge is -2.42.